The molecule has 2 aromatic rings. The molecular weight excluding hydrogens is 464 g/mol. The van der Waals surface area contributed by atoms with E-state index in [9.17, 15) is 4.79 Å². The van der Waals surface area contributed by atoms with Crippen LogP contribution in [0, 0.1) is 0 Å². The van der Waals surface area contributed by atoms with Gasteiger partial charge in [-0.05, 0) is 43.9 Å². The largest absolute Gasteiger partial charge is 0.493 e. The third kappa shape index (κ3) is 6.72. The van der Waals surface area contributed by atoms with Gasteiger partial charge < -0.3 is 19.5 Å². The summed E-state index contributed by atoms with van der Waals surface area (Å²) in [5.41, 5.74) is 2.07. The molecule has 0 spiro atoms. The van der Waals surface area contributed by atoms with Gasteiger partial charge >= 0.3 is 5.97 Å². The number of aromatic nitrogens is 3. The van der Waals surface area contributed by atoms with E-state index >= 15 is 0 Å². The first-order chi connectivity index (χ1) is 17.0. The summed E-state index contributed by atoms with van der Waals surface area (Å²) in [6, 6.07) is 5.29. The molecule has 35 heavy (non-hydrogen) atoms. The molecule has 1 atom stereocenters. The monoisotopic (exact) mass is 502 g/mol. The van der Waals surface area contributed by atoms with Crippen molar-refractivity contribution < 1.29 is 19.0 Å². The van der Waals surface area contributed by atoms with Crippen LogP contribution < -0.4 is 14.8 Å². The lowest BCUT2D eigenvalue weighted by Gasteiger charge is -2.28. The van der Waals surface area contributed by atoms with E-state index in [1.165, 1.54) is 0 Å². The second-order valence-corrected chi connectivity index (χ2v) is 9.59. The number of ether oxygens (including phenoxy) is 3. The molecule has 1 aliphatic heterocycles. The maximum absolute atomic E-state index is 13.2. The Morgan fingerprint density at radius 3 is 2.60 bits per heavy atom. The van der Waals surface area contributed by atoms with Crippen molar-refractivity contribution in [1.29, 1.82) is 0 Å². The Kier molecular flexibility index (Phi) is 10.3. The van der Waals surface area contributed by atoms with Gasteiger partial charge in [0.25, 0.3) is 0 Å². The van der Waals surface area contributed by atoms with Gasteiger partial charge in [0.1, 0.15) is 6.04 Å². The van der Waals surface area contributed by atoms with E-state index in [2.05, 4.69) is 24.1 Å². The summed E-state index contributed by atoms with van der Waals surface area (Å²) in [5.74, 6) is 2.50. The van der Waals surface area contributed by atoms with Crippen molar-refractivity contribution in [3.63, 3.8) is 0 Å². The van der Waals surface area contributed by atoms with E-state index in [4.69, 9.17) is 19.3 Å². The summed E-state index contributed by atoms with van der Waals surface area (Å²) in [5, 5.41) is 8.71. The highest BCUT2D eigenvalue weighted by molar-refractivity contribution is 7.99. The average molecular weight is 503 g/mol. The van der Waals surface area contributed by atoms with Crippen molar-refractivity contribution in [3.8, 4) is 11.5 Å². The third-order valence-corrected chi connectivity index (χ3v) is 6.65. The van der Waals surface area contributed by atoms with Gasteiger partial charge in [-0.1, -0.05) is 57.9 Å². The van der Waals surface area contributed by atoms with Gasteiger partial charge in [0.15, 0.2) is 11.5 Å². The highest BCUT2D eigenvalue weighted by Gasteiger charge is 2.35. The molecule has 1 aromatic carbocycles. The number of rotatable bonds is 14. The van der Waals surface area contributed by atoms with Crippen LogP contribution in [0.2, 0.25) is 0 Å². The van der Waals surface area contributed by atoms with Crippen LogP contribution in [0.15, 0.2) is 34.6 Å². The maximum atomic E-state index is 13.2. The van der Waals surface area contributed by atoms with Crippen LogP contribution in [0.25, 0.3) is 0 Å². The molecule has 0 saturated heterocycles. The number of fused-ring (bicyclic) bond motifs is 1. The van der Waals surface area contributed by atoms with Crippen LogP contribution in [-0.4, -0.2) is 46.8 Å². The van der Waals surface area contributed by atoms with Crippen molar-refractivity contribution in [1.82, 2.24) is 14.8 Å². The van der Waals surface area contributed by atoms with Crippen molar-refractivity contribution >= 4 is 23.7 Å². The molecule has 3 rings (SSSR count). The Morgan fingerprint density at radius 1 is 1.09 bits per heavy atom. The van der Waals surface area contributed by atoms with Gasteiger partial charge in [-0.15, -0.1) is 5.10 Å². The second-order valence-electron chi connectivity index (χ2n) is 8.53. The van der Waals surface area contributed by atoms with Crippen LogP contribution >= 0.6 is 11.8 Å². The Balaban J connectivity index is 1.98. The number of carbonyl (C=O) groups excluding carboxylic acids is 1. The number of anilines is 1. The predicted octanol–water partition coefficient (Wildman–Crippen LogP) is 5.99. The summed E-state index contributed by atoms with van der Waals surface area (Å²) in [7, 11) is 1.63. The molecule has 0 amide bonds. The number of hydrogen-bond donors (Lipinski definition) is 1. The topological polar surface area (TPSA) is 87.5 Å². The number of esters is 1. The quantitative estimate of drug-likeness (QED) is 0.191. The molecule has 0 aliphatic carbocycles. The van der Waals surface area contributed by atoms with Crippen LogP contribution in [0.4, 0.5) is 5.95 Å². The van der Waals surface area contributed by atoms with Crippen LogP contribution in [0.3, 0.4) is 0 Å². The summed E-state index contributed by atoms with van der Waals surface area (Å²) in [6.07, 6.45) is 6.20. The molecule has 9 heteroatoms. The lowest BCUT2D eigenvalue weighted by molar-refractivity contribution is -0.139. The Hall–Kier alpha value is -2.68. The molecule has 1 N–H and O–H groups in total. The number of hydrogen-bond acceptors (Lipinski definition) is 8. The molecule has 8 nitrogen and oxygen atoms in total. The van der Waals surface area contributed by atoms with Gasteiger partial charge in [-0.2, -0.15) is 4.98 Å². The number of allylic oxidation sites excluding steroid dienone is 1. The van der Waals surface area contributed by atoms with Crippen molar-refractivity contribution in [2.24, 2.45) is 0 Å². The molecular formula is C26H38N4O4S. The average Bonchev–Trinajstić information content (AvgIpc) is 3.26. The number of carbonyl (C=O) groups is 1. The standard InChI is InChI=1S/C26H38N4O4S/c1-6-9-11-15-33-20-13-12-19(17-21(20)32-5)23-22(24(31)34-14-8-3)18(4)27-25-28-26(29-30(23)25)35-16-10-7-2/h12-13,17,23H,6-11,14-16H2,1-5H3,(H,27,28,29). The molecule has 192 valence electrons. The summed E-state index contributed by atoms with van der Waals surface area (Å²) < 4.78 is 19.0. The third-order valence-electron chi connectivity index (χ3n) is 5.73. The smallest absolute Gasteiger partial charge is 0.338 e. The number of nitrogens with one attached hydrogen (secondary N) is 1. The van der Waals surface area contributed by atoms with Gasteiger partial charge in [0, 0.05) is 11.4 Å². The number of unbranched alkanes of at least 4 members (excludes halogenated alkanes) is 3. The fraction of sp³-hybridized carbons (Fsp3) is 0.577. The van der Waals surface area contributed by atoms with Gasteiger partial charge in [0.2, 0.25) is 11.1 Å². The van der Waals surface area contributed by atoms with E-state index in [-0.39, 0.29) is 5.97 Å². The highest BCUT2D eigenvalue weighted by Crippen LogP contribution is 2.40. The van der Waals surface area contributed by atoms with Crippen LogP contribution in [-0.2, 0) is 9.53 Å². The SMILES string of the molecule is CCCCCOc1ccc(C2C(C(=O)OCCC)=C(C)Nc3nc(SCCCC)nn32)cc1OC. The van der Waals surface area contributed by atoms with Gasteiger partial charge in [0.05, 0.1) is 25.9 Å². The number of benzene rings is 1. The van der Waals surface area contributed by atoms with Crippen LogP contribution in [0.1, 0.15) is 77.8 Å². The van der Waals surface area contributed by atoms with E-state index < -0.39 is 6.04 Å². The number of thioether (sulfide) groups is 1. The molecule has 0 fully saturated rings. The lowest BCUT2D eigenvalue weighted by atomic mass is 9.95. The maximum Gasteiger partial charge on any atom is 0.338 e. The zero-order valence-corrected chi connectivity index (χ0v) is 22.4. The number of methoxy groups -OCH3 is 1. The Morgan fingerprint density at radius 2 is 1.89 bits per heavy atom. The van der Waals surface area contributed by atoms with Crippen molar-refractivity contribution in [2.75, 3.05) is 31.4 Å². The van der Waals surface area contributed by atoms with Crippen molar-refractivity contribution in [3.05, 3.63) is 35.0 Å². The minimum absolute atomic E-state index is 0.359. The molecule has 1 aromatic heterocycles. The molecule has 0 bridgehead atoms. The first-order valence-corrected chi connectivity index (χ1v) is 13.6. The highest BCUT2D eigenvalue weighted by atomic mass is 32.2. The predicted molar refractivity (Wildman–Crippen MR) is 139 cm³/mol. The van der Waals surface area contributed by atoms with Gasteiger partial charge in [-0.25, -0.2) is 9.48 Å². The fourth-order valence-electron chi connectivity index (χ4n) is 3.85. The molecule has 0 saturated carbocycles. The minimum atomic E-state index is -0.494. The summed E-state index contributed by atoms with van der Waals surface area (Å²) in [4.78, 5) is 17.8. The Bertz CT molecular complexity index is 1020. The van der Waals surface area contributed by atoms with Crippen molar-refractivity contribution in [2.45, 2.75) is 77.4 Å². The van der Waals surface area contributed by atoms with E-state index in [0.29, 0.717) is 47.1 Å². The van der Waals surface area contributed by atoms with Crippen LogP contribution in [0.5, 0.6) is 11.5 Å². The fourth-order valence-corrected chi connectivity index (χ4v) is 4.77. The lowest BCUT2D eigenvalue weighted by Crippen LogP contribution is -2.29. The summed E-state index contributed by atoms with van der Waals surface area (Å²) in [6.45, 7) is 9.17. The zero-order valence-electron chi connectivity index (χ0n) is 21.6. The molecule has 1 unspecified atom stereocenters. The first kappa shape index (κ1) is 26.9. The first-order valence-electron chi connectivity index (χ1n) is 12.6. The Labute approximate surface area is 212 Å². The number of nitrogens with zero attached hydrogens (tertiary/aromatic N) is 3. The zero-order chi connectivity index (χ0) is 25.2. The molecule has 0 radical (unpaired) electrons. The molecule has 2 heterocycles. The van der Waals surface area contributed by atoms with Gasteiger partial charge in [-0.3, -0.25) is 0 Å². The second kappa shape index (κ2) is 13.4. The summed E-state index contributed by atoms with van der Waals surface area (Å²) >= 11 is 1.62. The molecule has 1 aliphatic rings. The van der Waals surface area contributed by atoms with E-state index in [1.807, 2.05) is 32.0 Å². The minimum Gasteiger partial charge on any atom is -0.493 e. The van der Waals surface area contributed by atoms with E-state index in [0.717, 1.165) is 49.8 Å². The van der Waals surface area contributed by atoms with E-state index in [1.54, 1.807) is 23.6 Å². The normalized spacial score (nSPS) is 14.9.